The molecule has 3 fully saturated rings. The fourth-order valence-corrected chi connectivity index (χ4v) is 5.59. The van der Waals surface area contributed by atoms with Crippen molar-refractivity contribution in [3.63, 3.8) is 0 Å². The van der Waals surface area contributed by atoms with E-state index < -0.39 is 29.9 Å². The number of aliphatic carboxylic acids is 1. The predicted molar refractivity (Wildman–Crippen MR) is 129 cm³/mol. The van der Waals surface area contributed by atoms with E-state index in [1.165, 1.54) is 4.90 Å². The quantitative estimate of drug-likeness (QED) is 0.651. The Hall–Kier alpha value is -3.46. The minimum absolute atomic E-state index is 0.0978. The van der Waals surface area contributed by atoms with E-state index in [4.69, 9.17) is 0 Å². The summed E-state index contributed by atoms with van der Waals surface area (Å²) >= 11 is 0. The van der Waals surface area contributed by atoms with E-state index in [0.29, 0.717) is 31.0 Å². The molecule has 0 spiro atoms. The van der Waals surface area contributed by atoms with Crippen molar-refractivity contribution in [2.75, 3.05) is 39.3 Å². The number of piperidine rings is 1. The topological polar surface area (TPSA) is 110 Å². The molecule has 0 saturated carbocycles. The number of benzene rings is 2. The lowest BCUT2D eigenvalue weighted by molar-refractivity contribution is -0.167. The summed E-state index contributed by atoms with van der Waals surface area (Å²) in [4.78, 5) is 55.2. The highest BCUT2D eigenvalue weighted by atomic mass is 16.4. The number of carboxylic acid groups (broad SMARTS) is 1. The van der Waals surface area contributed by atoms with E-state index in [2.05, 4.69) is 5.32 Å². The number of imide groups is 1. The van der Waals surface area contributed by atoms with Crippen LogP contribution in [0.3, 0.4) is 0 Å². The molecule has 0 unspecified atom stereocenters. The van der Waals surface area contributed by atoms with Crippen LogP contribution in [-0.2, 0) is 9.59 Å². The van der Waals surface area contributed by atoms with Gasteiger partial charge in [-0.3, -0.25) is 9.59 Å². The van der Waals surface area contributed by atoms with Gasteiger partial charge in [-0.1, -0.05) is 36.4 Å². The van der Waals surface area contributed by atoms with Crippen molar-refractivity contribution in [2.45, 2.75) is 25.3 Å². The summed E-state index contributed by atoms with van der Waals surface area (Å²) in [5.41, 5.74) is 0.618. The zero-order valence-corrected chi connectivity index (χ0v) is 19.6. The van der Waals surface area contributed by atoms with E-state index in [9.17, 15) is 24.3 Å². The molecule has 4 amide bonds. The standard InChI is InChI=1S/C26H30N4O5/c31-23(20-7-3-5-18-4-1-2-6-19(18)20)28-12-14-29(15-13-28)26(35)30-22(25(33)34)21(24(30)32)16-17-8-10-27-11-9-17/h1-7,17,21-22,27H,8-16H2,(H,33,34)/t21-,22+/m1/s1. The van der Waals surface area contributed by atoms with Crippen LogP contribution in [0, 0.1) is 11.8 Å². The van der Waals surface area contributed by atoms with Crippen molar-refractivity contribution < 1.29 is 24.3 Å². The lowest BCUT2D eigenvalue weighted by Gasteiger charge is -2.47. The van der Waals surface area contributed by atoms with Crippen LogP contribution in [0.5, 0.6) is 0 Å². The molecule has 3 saturated heterocycles. The van der Waals surface area contributed by atoms with E-state index in [1.54, 1.807) is 11.0 Å². The van der Waals surface area contributed by atoms with E-state index in [1.807, 2.05) is 36.4 Å². The Labute approximate surface area is 203 Å². The monoisotopic (exact) mass is 478 g/mol. The van der Waals surface area contributed by atoms with Gasteiger partial charge in [-0.25, -0.2) is 14.5 Å². The number of urea groups is 1. The van der Waals surface area contributed by atoms with Crippen molar-refractivity contribution in [2.24, 2.45) is 11.8 Å². The summed E-state index contributed by atoms with van der Waals surface area (Å²) in [7, 11) is 0. The Bertz CT molecular complexity index is 1150. The first kappa shape index (κ1) is 23.3. The molecule has 2 aromatic rings. The highest BCUT2D eigenvalue weighted by Crippen LogP contribution is 2.35. The van der Waals surface area contributed by atoms with Gasteiger partial charge in [0.25, 0.3) is 5.91 Å². The number of amides is 4. The van der Waals surface area contributed by atoms with Crippen molar-refractivity contribution in [1.29, 1.82) is 0 Å². The van der Waals surface area contributed by atoms with Gasteiger partial charge in [-0.15, -0.1) is 0 Å². The Morgan fingerprint density at radius 3 is 2.29 bits per heavy atom. The molecule has 3 heterocycles. The highest BCUT2D eigenvalue weighted by Gasteiger charge is 2.56. The third kappa shape index (κ3) is 4.36. The molecule has 0 aromatic heterocycles. The normalized spacial score (nSPS) is 23.3. The summed E-state index contributed by atoms with van der Waals surface area (Å²) < 4.78 is 0. The molecule has 9 heteroatoms. The third-order valence-corrected chi connectivity index (χ3v) is 7.58. The molecule has 2 aromatic carbocycles. The number of hydrogen-bond donors (Lipinski definition) is 2. The average molecular weight is 479 g/mol. The third-order valence-electron chi connectivity index (χ3n) is 7.58. The van der Waals surface area contributed by atoms with Crippen molar-refractivity contribution in [3.05, 3.63) is 48.0 Å². The van der Waals surface area contributed by atoms with Crippen molar-refractivity contribution in [3.8, 4) is 0 Å². The number of β-lactam (4-membered cyclic amide) rings is 1. The Morgan fingerprint density at radius 2 is 1.57 bits per heavy atom. The first-order chi connectivity index (χ1) is 17.0. The van der Waals surface area contributed by atoms with Crippen molar-refractivity contribution >= 4 is 34.6 Å². The molecular formula is C26H30N4O5. The molecule has 2 atom stereocenters. The van der Waals surface area contributed by atoms with Crippen LogP contribution in [0.1, 0.15) is 29.6 Å². The molecule has 35 heavy (non-hydrogen) atoms. The van der Waals surface area contributed by atoms with E-state index >= 15 is 0 Å². The van der Waals surface area contributed by atoms with Crippen LogP contribution in [0.4, 0.5) is 4.79 Å². The lowest BCUT2D eigenvalue weighted by Crippen LogP contribution is -2.69. The molecule has 0 radical (unpaired) electrons. The van der Waals surface area contributed by atoms with Crippen LogP contribution in [0.15, 0.2) is 42.5 Å². The zero-order valence-electron chi connectivity index (χ0n) is 19.6. The maximum absolute atomic E-state index is 13.2. The molecule has 184 valence electrons. The second-order valence-corrected chi connectivity index (χ2v) is 9.62. The molecule has 9 nitrogen and oxygen atoms in total. The maximum atomic E-state index is 13.2. The van der Waals surface area contributed by atoms with Gasteiger partial charge in [-0.2, -0.15) is 0 Å². The van der Waals surface area contributed by atoms with Crippen LogP contribution in [-0.4, -0.2) is 88.9 Å². The van der Waals surface area contributed by atoms with Crippen LogP contribution in [0.25, 0.3) is 10.8 Å². The summed E-state index contributed by atoms with van der Waals surface area (Å²) in [5, 5.41) is 14.9. The highest BCUT2D eigenvalue weighted by molar-refractivity contribution is 6.08. The summed E-state index contributed by atoms with van der Waals surface area (Å²) in [5.74, 6) is -1.97. The van der Waals surface area contributed by atoms with Crippen LogP contribution in [0.2, 0.25) is 0 Å². The minimum atomic E-state index is -1.14. The van der Waals surface area contributed by atoms with Crippen LogP contribution >= 0.6 is 0 Å². The number of rotatable bonds is 4. The first-order valence-electron chi connectivity index (χ1n) is 12.3. The molecule has 5 rings (SSSR count). The Balaban J connectivity index is 1.22. The Morgan fingerprint density at radius 1 is 0.914 bits per heavy atom. The smallest absolute Gasteiger partial charge is 0.327 e. The van der Waals surface area contributed by atoms with E-state index in [-0.39, 0.29) is 19.0 Å². The van der Waals surface area contributed by atoms with Gasteiger partial charge >= 0.3 is 12.0 Å². The molecule has 0 aliphatic carbocycles. The van der Waals surface area contributed by atoms with Crippen LogP contribution < -0.4 is 5.32 Å². The van der Waals surface area contributed by atoms with E-state index in [0.717, 1.165) is 41.6 Å². The summed E-state index contributed by atoms with van der Waals surface area (Å²) in [6, 6.07) is 11.7. The summed E-state index contributed by atoms with van der Waals surface area (Å²) in [6.07, 6.45) is 2.34. The number of carboxylic acids is 1. The number of hydrogen-bond acceptors (Lipinski definition) is 5. The fraction of sp³-hybridized carbons (Fsp3) is 0.462. The predicted octanol–water partition coefficient (Wildman–Crippen LogP) is 2.02. The van der Waals surface area contributed by atoms with Gasteiger partial charge in [0.15, 0.2) is 6.04 Å². The number of fused-ring (bicyclic) bond motifs is 1. The second-order valence-electron chi connectivity index (χ2n) is 9.62. The number of piperazine rings is 1. The average Bonchev–Trinajstić information content (AvgIpc) is 2.89. The number of nitrogens with one attached hydrogen (secondary N) is 1. The maximum Gasteiger partial charge on any atom is 0.327 e. The molecule has 3 aliphatic heterocycles. The fourth-order valence-electron chi connectivity index (χ4n) is 5.59. The number of likely N-dealkylation sites (tertiary alicyclic amines) is 1. The van der Waals surface area contributed by atoms with Gasteiger partial charge < -0.3 is 20.2 Å². The molecule has 3 aliphatic rings. The number of nitrogens with zero attached hydrogens (tertiary/aromatic N) is 3. The zero-order chi connectivity index (χ0) is 24.5. The SMILES string of the molecule is O=C(O)[C@@H]1[C@@H](CC2CCNCC2)C(=O)N1C(=O)N1CCN(C(=O)c2cccc3ccccc23)CC1. The van der Waals surface area contributed by atoms with Gasteiger partial charge in [-0.05, 0) is 55.1 Å². The minimum Gasteiger partial charge on any atom is -0.480 e. The second kappa shape index (κ2) is 9.65. The summed E-state index contributed by atoms with van der Waals surface area (Å²) in [6.45, 7) is 2.90. The Kier molecular flexibility index (Phi) is 6.42. The number of carbonyl (C=O) groups excluding carboxylic acids is 3. The lowest BCUT2D eigenvalue weighted by atomic mass is 9.78. The van der Waals surface area contributed by atoms with Gasteiger partial charge in [0.2, 0.25) is 5.91 Å². The number of carbonyl (C=O) groups is 4. The molecular weight excluding hydrogens is 448 g/mol. The largest absolute Gasteiger partial charge is 0.480 e. The van der Waals surface area contributed by atoms with Gasteiger partial charge in [0, 0.05) is 31.7 Å². The molecule has 0 bridgehead atoms. The van der Waals surface area contributed by atoms with Crippen molar-refractivity contribution in [1.82, 2.24) is 20.0 Å². The first-order valence-corrected chi connectivity index (χ1v) is 12.3. The molecule has 2 N–H and O–H groups in total. The van der Waals surface area contributed by atoms with Gasteiger partial charge in [0.1, 0.15) is 0 Å². The van der Waals surface area contributed by atoms with Gasteiger partial charge in [0.05, 0.1) is 5.92 Å².